The molecule has 2 unspecified atom stereocenters. The lowest BCUT2D eigenvalue weighted by Gasteiger charge is -2.44. The van der Waals surface area contributed by atoms with Gasteiger partial charge in [0.1, 0.15) is 6.61 Å². The number of carbonyl (C=O) groups excluding carboxylic acids is 1. The van der Waals surface area contributed by atoms with Gasteiger partial charge in [-0.2, -0.15) is 0 Å². The quantitative estimate of drug-likeness (QED) is 0.407. The average Bonchev–Trinajstić information content (AvgIpc) is 2.78. The van der Waals surface area contributed by atoms with Crippen LogP contribution >= 0.6 is 0 Å². The number of carbonyl (C=O) groups is 1. The van der Waals surface area contributed by atoms with Crippen molar-refractivity contribution in [3.8, 4) is 0 Å². The lowest BCUT2D eigenvalue weighted by Crippen LogP contribution is -2.51. The fraction of sp³-hybridized carbons (Fsp3) is 0.423. The molecule has 0 aromatic heterocycles. The maximum Gasteiger partial charge on any atom is 0.410 e. The Labute approximate surface area is 179 Å². The molecule has 2 aliphatic rings. The Morgan fingerprint density at radius 3 is 2.33 bits per heavy atom. The molecule has 0 radical (unpaired) electrons. The molecule has 1 saturated heterocycles. The Morgan fingerprint density at radius 2 is 1.63 bits per heavy atom. The van der Waals surface area contributed by atoms with E-state index in [1.54, 1.807) is 0 Å². The van der Waals surface area contributed by atoms with E-state index in [0.29, 0.717) is 13.2 Å². The predicted octanol–water partition coefficient (Wildman–Crippen LogP) is 5.87. The van der Waals surface area contributed by atoms with Crippen molar-refractivity contribution in [3.05, 3.63) is 83.4 Å². The Bertz CT molecular complexity index is 834. The third kappa shape index (κ3) is 5.51. The molecule has 0 saturated carbocycles. The van der Waals surface area contributed by atoms with Gasteiger partial charge in [0.15, 0.2) is 0 Å². The van der Waals surface area contributed by atoms with Crippen LogP contribution in [0.5, 0.6) is 0 Å². The first-order valence-electron chi connectivity index (χ1n) is 11.1. The Balaban J connectivity index is 1.25. The molecule has 2 aliphatic heterocycles. The maximum atomic E-state index is 12.8. The summed E-state index contributed by atoms with van der Waals surface area (Å²) >= 11 is 0. The van der Waals surface area contributed by atoms with Crippen LogP contribution in [0.4, 0.5) is 4.79 Å². The summed E-state index contributed by atoms with van der Waals surface area (Å²) in [6.45, 7) is 1.78. The number of benzene rings is 2. The zero-order valence-electron chi connectivity index (χ0n) is 17.5. The summed E-state index contributed by atoms with van der Waals surface area (Å²) in [5.41, 5.74) is 3.72. The molecule has 4 nitrogen and oxygen atoms in total. The fourth-order valence-corrected chi connectivity index (χ4v) is 4.55. The third-order valence-corrected chi connectivity index (χ3v) is 6.03. The van der Waals surface area contributed by atoms with Crippen LogP contribution in [0, 0.1) is 0 Å². The van der Waals surface area contributed by atoms with E-state index in [9.17, 15) is 4.79 Å². The number of ether oxygens (including phenoxy) is 2. The van der Waals surface area contributed by atoms with E-state index in [1.807, 2.05) is 53.4 Å². The molecule has 1 amide bonds. The molecule has 0 aliphatic carbocycles. The van der Waals surface area contributed by atoms with Crippen LogP contribution in [0.15, 0.2) is 72.3 Å². The highest BCUT2D eigenvalue weighted by Gasteiger charge is 2.37. The highest BCUT2D eigenvalue weighted by atomic mass is 16.6. The first kappa shape index (κ1) is 20.7. The molecule has 2 aromatic carbocycles. The van der Waals surface area contributed by atoms with Crippen LogP contribution in [0.2, 0.25) is 0 Å². The van der Waals surface area contributed by atoms with E-state index in [4.69, 9.17) is 9.47 Å². The van der Waals surface area contributed by atoms with Crippen molar-refractivity contribution in [2.75, 3.05) is 6.61 Å². The van der Waals surface area contributed by atoms with Crippen molar-refractivity contribution >= 4 is 6.09 Å². The van der Waals surface area contributed by atoms with Gasteiger partial charge in [-0.05, 0) is 49.7 Å². The minimum Gasteiger partial charge on any atom is -0.445 e. The summed E-state index contributed by atoms with van der Waals surface area (Å²) in [7, 11) is 0. The van der Waals surface area contributed by atoms with E-state index < -0.39 is 0 Å². The van der Waals surface area contributed by atoms with Gasteiger partial charge in [-0.1, -0.05) is 72.3 Å². The van der Waals surface area contributed by atoms with Gasteiger partial charge in [-0.3, -0.25) is 4.90 Å². The van der Waals surface area contributed by atoms with Gasteiger partial charge in [-0.15, -0.1) is 0 Å². The monoisotopic (exact) mass is 405 g/mol. The van der Waals surface area contributed by atoms with Gasteiger partial charge < -0.3 is 9.47 Å². The van der Waals surface area contributed by atoms with Gasteiger partial charge in [0.2, 0.25) is 0 Å². The zero-order valence-corrected chi connectivity index (χ0v) is 17.5. The Kier molecular flexibility index (Phi) is 7.20. The number of amides is 1. The summed E-state index contributed by atoms with van der Waals surface area (Å²) in [6.07, 6.45) is 8.47. The first-order valence-corrected chi connectivity index (χ1v) is 11.1. The van der Waals surface area contributed by atoms with Crippen LogP contribution in [-0.4, -0.2) is 29.7 Å². The molecule has 1 fully saturated rings. The van der Waals surface area contributed by atoms with E-state index in [1.165, 1.54) is 17.6 Å². The summed E-state index contributed by atoms with van der Waals surface area (Å²) in [5, 5.41) is 0. The molecular weight excluding hydrogens is 374 g/mol. The van der Waals surface area contributed by atoms with Crippen molar-refractivity contribution in [1.29, 1.82) is 0 Å². The number of piperidine rings is 1. The summed E-state index contributed by atoms with van der Waals surface area (Å²) in [4.78, 5) is 14.8. The minimum atomic E-state index is -0.171. The lowest BCUT2D eigenvalue weighted by molar-refractivity contribution is 0.0476. The third-order valence-electron chi connectivity index (χ3n) is 6.03. The maximum absolute atomic E-state index is 12.8. The summed E-state index contributed by atoms with van der Waals surface area (Å²) in [6, 6.07) is 20.6. The molecule has 4 rings (SSSR count). The summed E-state index contributed by atoms with van der Waals surface area (Å²) in [5.74, 6) is 0. The van der Waals surface area contributed by atoms with Gasteiger partial charge in [0.25, 0.3) is 0 Å². The molecule has 30 heavy (non-hydrogen) atoms. The zero-order chi connectivity index (χ0) is 20.6. The van der Waals surface area contributed by atoms with Crippen molar-refractivity contribution < 1.29 is 14.3 Å². The smallest absolute Gasteiger partial charge is 0.410 e. The number of hydrogen-bond donors (Lipinski definition) is 0. The minimum absolute atomic E-state index is 0.171. The average molecular weight is 406 g/mol. The normalized spacial score (nSPS) is 20.5. The van der Waals surface area contributed by atoms with Crippen molar-refractivity contribution in [3.63, 3.8) is 0 Å². The molecule has 2 heterocycles. The predicted molar refractivity (Wildman–Crippen MR) is 118 cm³/mol. The SMILES string of the molecule is O=C(OCc1ccccc1)N1C2C=C(CCCOCc3ccccc3)CC1CCC2. The highest BCUT2D eigenvalue weighted by Crippen LogP contribution is 2.35. The van der Waals surface area contributed by atoms with Crippen LogP contribution in [-0.2, 0) is 22.7 Å². The van der Waals surface area contributed by atoms with Crippen LogP contribution in [0.25, 0.3) is 0 Å². The van der Waals surface area contributed by atoms with Gasteiger partial charge >= 0.3 is 6.09 Å². The topological polar surface area (TPSA) is 38.8 Å². The molecule has 2 bridgehead atoms. The van der Waals surface area contributed by atoms with Gasteiger partial charge in [-0.25, -0.2) is 4.79 Å². The van der Waals surface area contributed by atoms with E-state index >= 15 is 0 Å². The number of fused-ring (bicyclic) bond motifs is 2. The number of nitrogens with zero attached hydrogens (tertiary/aromatic N) is 1. The van der Waals surface area contributed by atoms with Crippen LogP contribution < -0.4 is 0 Å². The van der Waals surface area contributed by atoms with E-state index in [-0.39, 0.29) is 18.2 Å². The van der Waals surface area contributed by atoms with E-state index in [0.717, 1.165) is 44.3 Å². The molecule has 2 aromatic rings. The molecule has 158 valence electrons. The molecule has 0 N–H and O–H groups in total. The molecular formula is C26H31NO3. The number of rotatable bonds is 8. The second-order valence-corrected chi connectivity index (χ2v) is 8.27. The largest absolute Gasteiger partial charge is 0.445 e. The standard InChI is InChI=1S/C26H31NO3/c28-26(30-20-22-11-5-2-6-12-22)27-24-14-7-15-25(27)18-23(17-24)13-8-16-29-19-21-9-3-1-4-10-21/h1-6,9-12,17,24-25H,7-8,13-16,18-20H2. The number of hydrogen-bond acceptors (Lipinski definition) is 3. The van der Waals surface area contributed by atoms with Crippen LogP contribution in [0.3, 0.4) is 0 Å². The van der Waals surface area contributed by atoms with Crippen molar-refractivity contribution in [1.82, 2.24) is 4.90 Å². The first-order chi connectivity index (χ1) is 14.8. The summed E-state index contributed by atoms with van der Waals surface area (Å²) < 4.78 is 11.5. The molecule has 2 atom stereocenters. The fourth-order valence-electron chi connectivity index (χ4n) is 4.55. The lowest BCUT2D eigenvalue weighted by atomic mass is 9.84. The Morgan fingerprint density at radius 1 is 0.933 bits per heavy atom. The second kappa shape index (κ2) is 10.4. The van der Waals surface area contributed by atoms with Gasteiger partial charge in [0, 0.05) is 12.6 Å². The second-order valence-electron chi connectivity index (χ2n) is 8.27. The Hall–Kier alpha value is -2.59. The van der Waals surface area contributed by atoms with Crippen molar-refractivity contribution in [2.45, 2.75) is 63.8 Å². The molecule has 0 spiro atoms. The highest BCUT2D eigenvalue weighted by molar-refractivity contribution is 5.69. The van der Waals surface area contributed by atoms with Crippen LogP contribution in [0.1, 0.15) is 49.7 Å². The molecule has 4 heteroatoms. The van der Waals surface area contributed by atoms with E-state index in [2.05, 4.69) is 18.2 Å². The van der Waals surface area contributed by atoms with Crippen molar-refractivity contribution in [2.24, 2.45) is 0 Å². The van der Waals surface area contributed by atoms with Gasteiger partial charge in [0.05, 0.1) is 12.6 Å².